The summed E-state index contributed by atoms with van der Waals surface area (Å²) in [5.74, 6) is 2.83. The van der Waals surface area contributed by atoms with E-state index in [-0.39, 0.29) is 0 Å². The van der Waals surface area contributed by atoms with Gasteiger partial charge in [-0.2, -0.15) is 0 Å². The Morgan fingerprint density at radius 2 is 1.96 bits per heavy atom. The Bertz CT molecular complexity index is 613. The predicted octanol–water partition coefficient (Wildman–Crippen LogP) is 3.40. The average Bonchev–Trinajstić information content (AvgIpc) is 2.85. The Labute approximate surface area is 152 Å². The van der Waals surface area contributed by atoms with Crippen molar-refractivity contribution in [2.45, 2.75) is 58.5 Å². The number of fused-ring (bicyclic) bond motifs is 4. The van der Waals surface area contributed by atoms with Crippen molar-refractivity contribution < 1.29 is 4.74 Å². The summed E-state index contributed by atoms with van der Waals surface area (Å²) in [6.07, 6.45) is 9.15. The van der Waals surface area contributed by atoms with Crippen LogP contribution in [0.5, 0.6) is 5.75 Å². The third-order valence-corrected chi connectivity index (χ3v) is 6.74. The second-order valence-corrected chi connectivity index (χ2v) is 8.59. The molecule has 4 fully saturated rings. The number of nitrogens with zero attached hydrogens (tertiary/aromatic N) is 3. The molecule has 1 aromatic rings. The average molecular weight is 344 g/mol. The zero-order chi connectivity index (χ0) is 17.4. The Hall–Kier alpha value is -1.13. The molecule has 3 aliphatic heterocycles. The number of hydrogen-bond acceptors (Lipinski definition) is 4. The standard InChI is InChI=1S/C21H33N3O/c1-15-9-22-20(16(2)21(15)25-3)14-23-10-18-7-8-19(13-23)24(12-18)11-17-5-4-6-17/h9,17-19H,4-8,10-14H2,1-3H3/t18-,19+/m0/s1. The Balaban J connectivity index is 1.45. The quantitative estimate of drug-likeness (QED) is 0.819. The fraction of sp³-hybridized carbons (Fsp3) is 0.762. The lowest BCUT2D eigenvalue weighted by Gasteiger charge is -2.40. The van der Waals surface area contributed by atoms with E-state index in [0.717, 1.165) is 35.7 Å². The van der Waals surface area contributed by atoms with E-state index in [1.807, 2.05) is 6.20 Å². The van der Waals surface area contributed by atoms with Crippen LogP contribution in [0.1, 0.15) is 48.9 Å². The minimum atomic E-state index is 0.756. The summed E-state index contributed by atoms with van der Waals surface area (Å²) in [4.78, 5) is 10.2. The van der Waals surface area contributed by atoms with Crippen molar-refractivity contribution in [2.75, 3.05) is 33.3 Å². The van der Waals surface area contributed by atoms with Gasteiger partial charge in [0.2, 0.25) is 0 Å². The molecular formula is C21H33N3O. The first-order valence-electron chi connectivity index (χ1n) is 10.1. The smallest absolute Gasteiger partial charge is 0.128 e. The maximum atomic E-state index is 5.60. The van der Waals surface area contributed by atoms with Crippen molar-refractivity contribution in [1.29, 1.82) is 0 Å². The van der Waals surface area contributed by atoms with E-state index in [0.29, 0.717) is 0 Å². The van der Waals surface area contributed by atoms with Gasteiger partial charge in [0.05, 0.1) is 12.8 Å². The van der Waals surface area contributed by atoms with Crippen LogP contribution in [0.2, 0.25) is 0 Å². The van der Waals surface area contributed by atoms with Crippen molar-refractivity contribution >= 4 is 0 Å². The van der Waals surface area contributed by atoms with E-state index >= 15 is 0 Å². The van der Waals surface area contributed by atoms with Gasteiger partial charge in [0.1, 0.15) is 5.75 Å². The van der Waals surface area contributed by atoms with Gasteiger partial charge in [0.15, 0.2) is 0 Å². The SMILES string of the molecule is COc1c(C)cnc(CN2C[C@@H]3CC[C@H](C2)N(CC2CCC2)C3)c1C. The number of ether oxygens (including phenoxy) is 1. The van der Waals surface area contributed by atoms with Crippen LogP contribution in [0, 0.1) is 25.7 Å². The van der Waals surface area contributed by atoms with E-state index in [9.17, 15) is 0 Å². The summed E-state index contributed by atoms with van der Waals surface area (Å²) < 4.78 is 5.60. The van der Waals surface area contributed by atoms with Crippen molar-refractivity contribution in [3.63, 3.8) is 0 Å². The normalized spacial score (nSPS) is 28.0. The van der Waals surface area contributed by atoms with Crippen molar-refractivity contribution in [2.24, 2.45) is 11.8 Å². The Morgan fingerprint density at radius 3 is 2.68 bits per heavy atom. The maximum Gasteiger partial charge on any atom is 0.128 e. The monoisotopic (exact) mass is 343 g/mol. The number of hydrogen-bond donors (Lipinski definition) is 0. The van der Waals surface area contributed by atoms with Gasteiger partial charge in [0, 0.05) is 56.1 Å². The van der Waals surface area contributed by atoms with Crippen LogP contribution < -0.4 is 4.74 Å². The molecule has 2 atom stereocenters. The van der Waals surface area contributed by atoms with Crippen molar-refractivity contribution in [3.05, 3.63) is 23.0 Å². The van der Waals surface area contributed by atoms with Crippen LogP contribution in [0.3, 0.4) is 0 Å². The molecule has 4 heteroatoms. The third-order valence-electron chi connectivity index (χ3n) is 6.74. The number of piperidine rings is 1. The largest absolute Gasteiger partial charge is 0.496 e. The molecule has 0 aromatic carbocycles. The maximum absolute atomic E-state index is 5.60. The summed E-state index contributed by atoms with van der Waals surface area (Å²) in [6.45, 7) is 10.3. The van der Waals surface area contributed by atoms with Gasteiger partial charge in [-0.15, -0.1) is 0 Å². The highest BCUT2D eigenvalue weighted by molar-refractivity contribution is 5.41. The molecule has 5 rings (SSSR count). The van der Waals surface area contributed by atoms with Crippen LogP contribution >= 0.6 is 0 Å². The Kier molecular flexibility index (Phi) is 5.01. The van der Waals surface area contributed by atoms with E-state index in [2.05, 4.69) is 23.6 Å². The highest BCUT2D eigenvalue weighted by atomic mass is 16.5. The number of rotatable bonds is 5. The zero-order valence-corrected chi connectivity index (χ0v) is 16.1. The first-order valence-corrected chi connectivity index (χ1v) is 10.1. The van der Waals surface area contributed by atoms with Gasteiger partial charge in [-0.05, 0) is 51.4 Å². The van der Waals surface area contributed by atoms with Gasteiger partial charge >= 0.3 is 0 Å². The number of methoxy groups -OCH3 is 1. The number of aryl methyl sites for hydroxylation is 1. The fourth-order valence-electron chi connectivity index (χ4n) is 5.08. The molecule has 0 spiro atoms. The molecule has 25 heavy (non-hydrogen) atoms. The molecular weight excluding hydrogens is 310 g/mol. The first kappa shape index (κ1) is 17.3. The summed E-state index contributed by atoms with van der Waals surface area (Å²) in [6, 6.07) is 0.756. The molecule has 4 heterocycles. The van der Waals surface area contributed by atoms with Crippen LogP contribution in [-0.4, -0.2) is 54.1 Å². The summed E-state index contributed by atoms with van der Waals surface area (Å²) in [5, 5.41) is 0. The molecule has 0 radical (unpaired) electrons. The second-order valence-electron chi connectivity index (χ2n) is 8.59. The summed E-state index contributed by atoms with van der Waals surface area (Å²) in [5.41, 5.74) is 3.53. The lowest BCUT2D eigenvalue weighted by Crippen LogP contribution is -2.46. The van der Waals surface area contributed by atoms with Crippen LogP contribution in [0.4, 0.5) is 0 Å². The highest BCUT2D eigenvalue weighted by Gasteiger charge is 2.36. The van der Waals surface area contributed by atoms with Crippen LogP contribution in [0.15, 0.2) is 6.20 Å². The molecule has 138 valence electrons. The van der Waals surface area contributed by atoms with Gasteiger partial charge in [-0.3, -0.25) is 14.8 Å². The third kappa shape index (κ3) is 3.56. The van der Waals surface area contributed by atoms with Gasteiger partial charge in [-0.25, -0.2) is 0 Å². The minimum absolute atomic E-state index is 0.756. The molecule has 1 aromatic heterocycles. The zero-order valence-electron chi connectivity index (χ0n) is 16.1. The minimum Gasteiger partial charge on any atom is -0.496 e. The van der Waals surface area contributed by atoms with Crippen molar-refractivity contribution in [3.8, 4) is 5.75 Å². The second kappa shape index (κ2) is 7.24. The molecule has 3 saturated heterocycles. The van der Waals surface area contributed by atoms with Gasteiger partial charge in [-0.1, -0.05) is 6.42 Å². The van der Waals surface area contributed by atoms with Crippen LogP contribution in [-0.2, 0) is 6.54 Å². The van der Waals surface area contributed by atoms with Crippen molar-refractivity contribution in [1.82, 2.24) is 14.8 Å². The molecule has 0 amide bonds. The van der Waals surface area contributed by atoms with E-state index in [1.54, 1.807) is 7.11 Å². The Morgan fingerprint density at radius 1 is 1.12 bits per heavy atom. The first-order chi connectivity index (χ1) is 12.1. The molecule has 0 N–H and O–H groups in total. The molecule has 1 aliphatic carbocycles. The lowest BCUT2D eigenvalue weighted by molar-refractivity contribution is 0.0890. The van der Waals surface area contributed by atoms with Gasteiger partial charge in [0.25, 0.3) is 0 Å². The predicted molar refractivity (Wildman–Crippen MR) is 101 cm³/mol. The topological polar surface area (TPSA) is 28.6 Å². The molecule has 4 aliphatic rings. The van der Waals surface area contributed by atoms with E-state index in [1.165, 1.54) is 69.5 Å². The van der Waals surface area contributed by atoms with E-state index < -0.39 is 0 Å². The highest BCUT2D eigenvalue weighted by Crippen LogP contribution is 2.34. The molecule has 2 bridgehead atoms. The fourth-order valence-corrected chi connectivity index (χ4v) is 5.08. The van der Waals surface area contributed by atoms with Gasteiger partial charge < -0.3 is 4.74 Å². The number of pyridine rings is 1. The van der Waals surface area contributed by atoms with Crippen LogP contribution in [0.25, 0.3) is 0 Å². The summed E-state index contributed by atoms with van der Waals surface area (Å²) >= 11 is 0. The molecule has 0 unspecified atom stereocenters. The van der Waals surface area contributed by atoms with E-state index in [4.69, 9.17) is 9.72 Å². The number of aromatic nitrogens is 1. The molecule has 1 saturated carbocycles. The molecule has 4 nitrogen and oxygen atoms in total. The lowest BCUT2D eigenvalue weighted by atomic mass is 9.83. The summed E-state index contributed by atoms with van der Waals surface area (Å²) in [7, 11) is 1.77.